The van der Waals surface area contributed by atoms with Gasteiger partial charge in [0.1, 0.15) is 6.04 Å². The lowest BCUT2D eigenvalue weighted by Crippen LogP contribution is -2.40. The summed E-state index contributed by atoms with van der Waals surface area (Å²) < 4.78 is 4.98. The first-order chi connectivity index (χ1) is 9.58. The van der Waals surface area contributed by atoms with E-state index in [9.17, 15) is 9.59 Å². The van der Waals surface area contributed by atoms with Crippen LogP contribution in [-0.4, -0.2) is 30.1 Å². The van der Waals surface area contributed by atoms with Gasteiger partial charge in [-0.2, -0.15) is 0 Å². The van der Waals surface area contributed by atoms with Gasteiger partial charge in [-0.1, -0.05) is 24.3 Å². The first-order valence-electron chi connectivity index (χ1n) is 6.31. The number of methoxy groups -OCH3 is 1. The van der Waals surface area contributed by atoms with E-state index in [4.69, 9.17) is 9.84 Å². The topological polar surface area (TPSA) is 75.6 Å². The summed E-state index contributed by atoms with van der Waals surface area (Å²) in [5.41, 5.74) is 1.38. The molecular weight excluding hydrogens is 258 g/mol. The summed E-state index contributed by atoms with van der Waals surface area (Å²) in [7, 11) is 1.60. The van der Waals surface area contributed by atoms with Gasteiger partial charge in [0.05, 0.1) is 6.61 Å². The van der Waals surface area contributed by atoms with Gasteiger partial charge >= 0.3 is 5.97 Å². The molecule has 0 aliphatic heterocycles. The van der Waals surface area contributed by atoms with Crippen LogP contribution in [0.5, 0.6) is 0 Å². The van der Waals surface area contributed by atoms with Crippen molar-refractivity contribution in [3.05, 3.63) is 47.5 Å². The Labute approximate surface area is 118 Å². The lowest BCUT2D eigenvalue weighted by atomic mass is 10.1. The van der Waals surface area contributed by atoms with Crippen LogP contribution >= 0.6 is 0 Å². The number of nitrogens with one attached hydrogen (secondary N) is 1. The van der Waals surface area contributed by atoms with E-state index in [1.807, 2.05) is 0 Å². The van der Waals surface area contributed by atoms with Gasteiger partial charge < -0.3 is 15.2 Å². The van der Waals surface area contributed by atoms with Crippen LogP contribution in [0.3, 0.4) is 0 Å². The van der Waals surface area contributed by atoms with Crippen molar-refractivity contribution >= 4 is 11.9 Å². The van der Waals surface area contributed by atoms with Gasteiger partial charge in [-0.25, -0.2) is 4.79 Å². The molecule has 0 radical (unpaired) electrons. The van der Waals surface area contributed by atoms with E-state index < -0.39 is 17.9 Å². The van der Waals surface area contributed by atoms with E-state index >= 15 is 0 Å². The predicted octanol–water partition coefficient (Wildman–Crippen LogP) is 1.98. The van der Waals surface area contributed by atoms with Crippen molar-refractivity contribution in [3.63, 3.8) is 0 Å². The van der Waals surface area contributed by atoms with E-state index in [1.54, 1.807) is 50.5 Å². The summed E-state index contributed by atoms with van der Waals surface area (Å²) >= 11 is 0. The number of benzene rings is 1. The van der Waals surface area contributed by atoms with E-state index in [-0.39, 0.29) is 6.42 Å². The molecule has 1 rings (SSSR count). The molecule has 5 heteroatoms. The van der Waals surface area contributed by atoms with Gasteiger partial charge in [0.15, 0.2) is 0 Å². The Kier molecular flexibility index (Phi) is 6.46. The predicted molar refractivity (Wildman–Crippen MR) is 75.5 cm³/mol. The van der Waals surface area contributed by atoms with Crippen LogP contribution in [0.25, 0.3) is 0 Å². The number of carbonyl (C=O) groups is 2. The molecule has 20 heavy (non-hydrogen) atoms. The van der Waals surface area contributed by atoms with Crippen molar-refractivity contribution in [3.8, 4) is 0 Å². The summed E-state index contributed by atoms with van der Waals surface area (Å²) in [5.74, 6) is -1.45. The highest BCUT2D eigenvalue weighted by atomic mass is 16.5. The third kappa shape index (κ3) is 4.85. The molecule has 5 nitrogen and oxygen atoms in total. The van der Waals surface area contributed by atoms with Crippen molar-refractivity contribution < 1.29 is 19.4 Å². The van der Waals surface area contributed by atoms with Gasteiger partial charge in [-0.3, -0.25) is 4.79 Å². The van der Waals surface area contributed by atoms with E-state index in [0.717, 1.165) is 5.56 Å². The molecule has 1 aromatic rings. The second-order valence-electron chi connectivity index (χ2n) is 4.30. The molecule has 0 aromatic heterocycles. The monoisotopic (exact) mass is 277 g/mol. The van der Waals surface area contributed by atoms with Crippen molar-refractivity contribution in [2.45, 2.75) is 26.0 Å². The Morgan fingerprint density at radius 1 is 1.35 bits per heavy atom. The molecule has 0 spiro atoms. The molecule has 0 bridgehead atoms. The third-order valence-electron chi connectivity index (χ3n) is 2.74. The standard InChI is InChI=1S/C15H19NO4/c1-3-4-5-13(15(18)19)16-14(17)12-8-6-11(7-9-12)10-20-2/h3-4,6-9,13H,5,10H2,1-2H3,(H,16,17)(H,18,19)/b4-3+. The van der Waals surface area contributed by atoms with Gasteiger partial charge in [-0.05, 0) is 31.0 Å². The number of ether oxygens (including phenoxy) is 1. The molecule has 2 N–H and O–H groups in total. The first-order valence-corrected chi connectivity index (χ1v) is 6.31. The Bertz CT molecular complexity index is 479. The van der Waals surface area contributed by atoms with Gasteiger partial charge in [0.25, 0.3) is 5.91 Å². The summed E-state index contributed by atoms with van der Waals surface area (Å²) in [4.78, 5) is 23.0. The molecule has 0 saturated heterocycles. The van der Waals surface area contributed by atoms with Crippen molar-refractivity contribution in [1.82, 2.24) is 5.32 Å². The summed E-state index contributed by atoms with van der Waals surface area (Å²) in [6, 6.07) is 5.94. The zero-order chi connectivity index (χ0) is 15.0. The lowest BCUT2D eigenvalue weighted by molar-refractivity contribution is -0.139. The fraction of sp³-hybridized carbons (Fsp3) is 0.333. The minimum atomic E-state index is -1.05. The second-order valence-corrected chi connectivity index (χ2v) is 4.30. The molecule has 0 fully saturated rings. The van der Waals surface area contributed by atoms with Crippen LogP contribution < -0.4 is 5.32 Å². The van der Waals surface area contributed by atoms with Gasteiger partial charge in [0.2, 0.25) is 0 Å². The number of hydrogen-bond donors (Lipinski definition) is 2. The molecule has 108 valence electrons. The van der Waals surface area contributed by atoms with Crippen LogP contribution in [0.2, 0.25) is 0 Å². The van der Waals surface area contributed by atoms with Crippen LogP contribution in [0.15, 0.2) is 36.4 Å². The number of rotatable bonds is 7. The highest BCUT2D eigenvalue weighted by Crippen LogP contribution is 2.06. The van der Waals surface area contributed by atoms with Crippen LogP contribution in [0.1, 0.15) is 29.3 Å². The maximum absolute atomic E-state index is 12.0. The quantitative estimate of drug-likeness (QED) is 0.747. The molecule has 1 unspecified atom stereocenters. The second kappa shape index (κ2) is 8.12. The number of allylic oxidation sites excluding steroid dienone is 1. The van der Waals surface area contributed by atoms with E-state index in [1.165, 1.54) is 0 Å². The van der Waals surface area contributed by atoms with E-state index in [2.05, 4.69) is 5.32 Å². The summed E-state index contributed by atoms with van der Waals surface area (Å²) in [6.45, 7) is 2.27. The number of carboxylic acids is 1. The van der Waals surface area contributed by atoms with Gasteiger partial charge in [0, 0.05) is 12.7 Å². The van der Waals surface area contributed by atoms with Crippen molar-refractivity contribution in [1.29, 1.82) is 0 Å². The molecule has 0 saturated carbocycles. The lowest BCUT2D eigenvalue weighted by Gasteiger charge is -2.12. The summed E-state index contributed by atoms with van der Waals surface area (Å²) in [6.07, 6.45) is 3.72. The van der Waals surface area contributed by atoms with E-state index in [0.29, 0.717) is 12.2 Å². The smallest absolute Gasteiger partial charge is 0.326 e. The Morgan fingerprint density at radius 2 is 2.00 bits per heavy atom. The zero-order valence-corrected chi connectivity index (χ0v) is 11.6. The Hall–Kier alpha value is -2.14. The molecule has 1 amide bonds. The minimum absolute atomic E-state index is 0.263. The number of hydrogen-bond acceptors (Lipinski definition) is 3. The Balaban J connectivity index is 2.70. The highest BCUT2D eigenvalue weighted by molar-refractivity contribution is 5.96. The van der Waals surface area contributed by atoms with Crippen molar-refractivity contribution in [2.24, 2.45) is 0 Å². The normalized spacial score (nSPS) is 12.3. The molecule has 0 aliphatic rings. The third-order valence-corrected chi connectivity index (χ3v) is 2.74. The molecule has 1 aromatic carbocycles. The fourth-order valence-corrected chi connectivity index (χ4v) is 1.65. The number of carbonyl (C=O) groups excluding carboxylic acids is 1. The number of aliphatic carboxylic acids is 1. The summed E-state index contributed by atoms with van der Waals surface area (Å²) in [5, 5.41) is 11.5. The van der Waals surface area contributed by atoms with Crippen LogP contribution in [0, 0.1) is 0 Å². The minimum Gasteiger partial charge on any atom is -0.480 e. The average molecular weight is 277 g/mol. The maximum atomic E-state index is 12.0. The van der Waals surface area contributed by atoms with Crippen LogP contribution in [-0.2, 0) is 16.1 Å². The largest absolute Gasteiger partial charge is 0.480 e. The van der Waals surface area contributed by atoms with Crippen molar-refractivity contribution in [2.75, 3.05) is 7.11 Å². The zero-order valence-electron chi connectivity index (χ0n) is 11.6. The van der Waals surface area contributed by atoms with Crippen LogP contribution in [0.4, 0.5) is 0 Å². The average Bonchev–Trinajstić information content (AvgIpc) is 2.44. The molecule has 0 heterocycles. The maximum Gasteiger partial charge on any atom is 0.326 e. The first kappa shape index (κ1) is 15.9. The number of amides is 1. The van der Waals surface area contributed by atoms with Gasteiger partial charge in [-0.15, -0.1) is 0 Å². The highest BCUT2D eigenvalue weighted by Gasteiger charge is 2.19. The SMILES string of the molecule is C/C=C/CC(NC(=O)c1ccc(COC)cc1)C(=O)O. The Morgan fingerprint density at radius 3 is 2.50 bits per heavy atom. The number of carboxylic acid groups (broad SMARTS) is 1. The molecule has 1 atom stereocenters. The molecule has 0 aliphatic carbocycles. The fourth-order valence-electron chi connectivity index (χ4n) is 1.65. The molecular formula is C15H19NO4.